The van der Waals surface area contributed by atoms with E-state index in [1.807, 2.05) is 19.1 Å². The summed E-state index contributed by atoms with van der Waals surface area (Å²) in [6.45, 7) is 7.06. The lowest BCUT2D eigenvalue weighted by Gasteiger charge is -2.34. The summed E-state index contributed by atoms with van der Waals surface area (Å²) in [5.74, 6) is 1.00. The summed E-state index contributed by atoms with van der Waals surface area (Å²) in [6, 6.07) is 45.1. The van der Waals surface area contributed by atoms with Crippen molar-refractivity contribution in [1.82, 2.24) is 0 Å². The first-order valence-electron chi connectivity index (χ1n) is 15.4. The molecule has 43 heavy (non-hydrogen) atoms. The molecule has 0 saturated heterocycles. The largest absolute Gasteiger partial charge is 0.488 e. The van der Waals surface area contributed by atoms with Gasteiger partial charge in [-0.3, -0.25) is 0 Å². The second-order valence-corrected chi connectivity index (χ2v) is 13.6. The third kappa shape index (κ3) is 8.02. The summed E-state index contributed by atoms with van der Waals surface area (Å²) >= 11 is 0. The summed E-state index contributed by atoms with van der Waals surface area (Å²) in [7, 11) is 0.480. The van der Waals surface area contributed by atoms with Crippen molar-refractivity contribution in [1.29, 1.82) is 0 Å². The average Bonchev–Trinajstić information content (AvgIpc) is 3.02. The molecular weight excluding hydrogens is 543 g/mol. The molecule has 3 heteroatoms. The Kier molecular flexibility index (Phi) is 10.5. The molecule has 220 valence electrons. The average molecular weight is 587 g/mol. The molecule has 0 bridgehead atoms. The second kappa shape index (κ2) is 14.6. The Morgan fingerprint density at radius 3 is 1.86 bits per heavy atom. The fraction of sp³-hybridized carbons (Fsp3) is 0.250. The predicted octanol–water partition coefficient (Wildman–Crippen LogP) is 9.52. The van der Waals surface area contributed by atoms with E-state index in [4.69, 9.17) is 4.74 Å². The number of benzene rings is 5. The van der Waals surface area contributed by atoms with E-state index in [2.05, 4.69) is 129 Å². The summed E-state index contributed by atoms with van der Waals surface area (Å²) < 4.78 is 6.89. The molecule has 0 fully saturated rings. The van der Waals surface area contributed by atoms with Gasteiger partial charge < -0.3 is 9.84 Å². The van der Waals surface area contributed by atoms with Crippen molar-refractivity contribution in [2.45, 2.75) is 64.3 Å². The lowest BCUT2D eigenvalue weighted by molar-refractivity contribution is 0.200. The molecule has 5 aromatic rings. The molecule has 5 aromatic carbocycles. The van der Waals surface area contributed by atoms with Crippen LogP contribution in [-0.4, -0.2) is 5.11 Å². The Balaban J connectivity index is 1.68. The van der Waals surface area contributed by atoms with Gasteiger partial charge in [0.05, 0.1) is 6.10 Å². The number of aliphatic hydroxyl groups is 1. The molecule has 0 amide bonds. The van der Waals surface area contributed by atoms with Crippen molar-refractivity contribution in [3.8, 4) is 5.75 Å². The van der Waals surface area contributed by atoms with Gasteiger partial charge >= 0.3 is 0 Å². The Morgan fingerprint density at radius 2 is 1.26 bits per heavy atom. The third-order valence-electron chi connectivity index (χ3n) is 8.11. The number of hydrogen-bond acceptors (Lipinski definition) is 2. The zero-order valence-corrected chi connectivity index (χ0v) is 26.6. The number of hydrogen-bond donors (Lipinski definition) is 1. The summed E-state index contributed by atoms with van der Waals surface area (Å²) in [5.41, 5.74) is 8.54. The highest BCUT2D eigenvalue weighted by molar-refractivity contribution is 7.48. The van der Waals surface area contributed by atoms with Gasteiger partial charge in [-0.25, -0.2) is 0 Å². The lowest BCUT2D eigenvalue weighted by atomic mass is 9.87. The smallest absolute Gasteiger partial charge is 0.127 e. The van der Waals surface area contributed by atoms with Gasteiger partial charge in [0.25, 0.3) is 0 Å². The van der Waals surface area contributed by atoms with E-state index in [1.54, 1.807) is 0 Å². The molecule has 0 radical (unpaired) electrons. The van der Waals surface area contributed by atoms with E-state index in [0.29, 0.717) is 15.2 Å². The van der Waals surface area contributed by atoms with Gasteiger partial charge in [-0.1, -0.05) is 156 Å². The molecule has 0 saturated carbocycles. The van der Waals surface area contributed by atoms with E-state index in [9.17, 15) is 5.11 Å². The molecular formula is C40H43O2P. The maximum Gasteiger partial charge on any atom is 0.127 e. The van der Waals surface area contributed by atoms with Crippen LogP contribution in [0, 0.1) is 0 Å². The molecule has 1 N–H and O–H groups in total. The molecule has 0 aliphatic heterocycles. The van der Waals surface area contributed by atoms with Crippen molar-refractivity contribution >= 4 is 13.9 Å². The first-order chi connectivity index (χ1) is 20.9. The minimum absolute atomic E-state index is 0.177. The molecule has 5 rings (SSSR count). The van der Waals surface area contributed by atoms with E-state index in [0.717, 1.165) is 42.6 Å². The van der Waals surface area contributed by atoms with Crippen LogP contribution >= 0.6 is 8.58 Å². The van der Waals surface area contributed by atoms with Crippen molar-refractivity contribution < 1.29 is 9.84 Å². The maximum atomic E-state index is 10.7. The highest BCUT2D eigenvalue weighted by Gasteiger charge is 2.32. The predicted molar refractivity (Wildman–Crippen MR) is 183 cm³/mol. The lowest BCUT2D eigenvalue weighted by Crippen LogP contribution is -2.23. The number of ether oxygens (including phenoxy) is 1. The molecule has 0 heterocycles. The Hall–Kier alpha value is -3.71. The first kappa shape index (κ1) is 30.7. The van der Waals surface area contributed by atoms with E-state index in [-0.39, 0.29) is 5.16 Å². The Bertz CT molecular complexity index is 1580. The van der Waals surface area contributed by atoms with Crippen LogP contribution in [0.1, 0.15) is 78.7 Å². The zero-order chi connectivity index (χ0) is 30.1. The Labute approximate surface area is 259 Å². The molecule has 0 aliphatic rings. The fourth-order valence-electron chi connectivity index (χ4n) is 5.98. The van der Waals surface area contributed by atoms with E-state index >= 15 is 0 Å². The van der Waals surface area contributed by atoms with Gasteiger partial charge in [-0.2, -0.15) is 0 Å². The van der Waals surface area contributed by atoms with Gasteiger partial charge in [0.1, 0.15) is 12.4 Å². The minimum Gasteiger partial charge on any atom is -0.488 e. The second-order valence-electron chi connectivity index (χ2n) is 11.7. The molecule has 3 atom stereocenters. The van der Waals surface area contributed by atoms with Crippen LogP contribution in [0.5, 0.6) is 5.75 Å². The molecule has 0 spiro atoms. The van der Waals surface area contributed by atoms with Crippen LogP contribution in [0.25, 0.3) is 0 Å². The fourth-order valence-corrected chi connectivity index (χ4v) is 7.89. The number of rotatable bonds is 13. The van der Waals surface area contributed by atoms with Crippen LogP contribution in [0.3, 0.4) is 0 Å². The van der Waals surface area contributed by atoms with Crippen LogP contribution in [0.2, 0.25) is 0 Å². The monoisotopic (exact) mass is 586 g/mol. The van der Waals surface area contributed by atoms with E-state index in [1.165, 1.54) is 33.1 Å². The van der Waals surface area contributed by atoms with Gasteiger partial charge in [0.15, 0.2) is 0 Å². The Morgan fingerprint density at radius 1 is 0.698 bits per heavy atom. The van der Waals surface area contributed by atoms with Crippen LogP contribution in [0.15, 0.2) is 127 Å². The van der Waals surface area contributed by atoms with Crippen molar-refractivity contribution in [3.05, 3.63) is 166 Å². The van der Waals surface area contributed by atoms with Crippen molar-refractivity contribution in [3.63, 3.8) is 0 Å². The van der Waals surface area contributed by atoms with Gasteiger partial charge in [0.2, 0.25) is 0 Å². The summed E-state index contributed by atoms with van der Waals surface area (Å²) in [4.78, 5) is 0. The summed E-state index contributed by atoms with van der Waals surface area (Å²) in [5, 5.41) is 11.7. The third-order valence-corrected chi connectivity index (χ3v) is 9.90. The highest BCUT2D eigenvalue weighted by atomic mass is 31.1. The van der Waals surface area contributed by atoms with Crippen LogP contribution in [-0.2, 0) is 24.6 Å². The van der Waals surface area contributed by atoms with Gasteiger partial charge in [-0.15, -0.1) is 0 Å². The molecule has 0 aromatic heterocycles. The van der Waals surface area contributed by atoms with Crippen molar-refractivity contribution in [2.75, 3.05) is 0 Å². The highest BCUT2D eigenvalue weighted by Crippen LogP contribution is 2.50. The van der Waals surface area contributed by atoms with E-state index < -0.39 is 6.10 Å². The first-order valence-corrected chi connectivity index (χ1v) is 16.4. The molecule has 3 unspecified atom stereocenters. The van der Waals surface area contributed by atoms with Gasteiger partial charge in [-0.05, 0) is 58.5 Å². The zero-order valence-electron chi connectivity index (χ0n) is 25.6. The normalized spacial score (nSPS) is 13.6. The summed E-state index contributed by atoms with van der Waals surface area (Å²) in [6.07, 6.45) is 3.22. The van der Waals surface area contributed by atoms with Crippen LogP contribution < -0.4 is 10.0 Å². The number of aliphatic hydroxyl groups excluding tert-OH is 1. The molecule has 2 nitrogen and oxygen atoms in total. The quantitative estimate of drug-likeness (QED) is 0.139. The van der Waals surface area contributed by atoms with Crippen molar-refractivity contribution in [2.24, 2.45) is 0 Å². The SMILES string of the molecule is CCCC(C)(Pc1ccccc1C(C)O)c1cc(Cc2ccccc2)cc(Cc2ccccc2)c1OCc1ccccc1. The minimum atomic E-state index is -0.513. The van der Waals surface area contributed by atoms with Crippen LogP contribution in [0.4, 0.5) is 0 Å². The topological polar surface area (TPSA) is 29.5 Å². The maximum absolute atomic E-state index is 10.7. The standard InChI is InChI=1S/C40H43O2P/c1-4-24-40(3,43-38-23-15-14-22-36(38)30(2)41)37-28-34(25-31-16-8-5-9-17-31)27-35(26-32-18-10-6-11-19-32)39(37)42-29-33-20-12-7-13-21-33/h5-23,27-28,30,41,43H,4,24-26,29H2,1-3H3. The molecule has 0 aliphatic carbocycles. The van der Waals surface area contributed by atoms with Gasteiger partial charge in [0, 0.05) is 17.1 Å².